The van der Waals surface area contributed by atoms with Crippen molar-refractivity contribution >= 4 is 16.0 Å². The summed E-state index contributed by atoms with van der Waals surface area (Å²) in [5, 5.41) is 8.06. The van der Waals surface area contributed by atoms with Gasteiger partial charge >= 0.3 is 5.97 Å². The fraction of sp³-hybridized carbons (Fsp3) is 0.875. The van der Waals surface area contributed by atoms with Crippen molar-refractivity contribution in [1.29, 1.82) is 0 Å². The highest BCUT2D eigenvalue weighted by molar-refractivity contribution is 7.90. The molecule has 0 bridgehead atoms. The minimum absolute atomic E-state index is 0.410. The molecule has 2 N–H and O–H groups in total. The molecule has 0 radical (unpaired) electrons. The molecule has 1 aliphatic rings. The van der Waals surface area contributed by atoms with E-state index < -0.39 is 27.3 Å². The van der Waals surface area contributed by atoms with E-state index in [1.807, 2.05) is 0 Å². The fourth-order valence-electron chi connectivity index (χ4n) is 1.38. The SMILES string of the molecule is CC(NS(=O)(=O)C1CCOCC1)C(=O)O. The Morgan fingerprint density at radius 1 is 1.47 bits per heavy atom. The van der Waals surface area contributed by atoms with Gasteiger partial charge in [0.15, 0.2) is 0 Å². The third kappa shape index (κ3) is 3.44. The lowest BCUT2D eigenvalue weighted by atomic mass is 10.2. The molecule has 1 heterocycles. The van der Waals surface area contributed by atoms with Crippen LogP contribution in [0.2, 0.25) is 0 Å². The summed E-state index contributed by atoms with van der Waals surface area (Å²) in [7, 11) is -3.54. The van der Waals surface area contributed by atoms with Crippen LogP contribution in [0.25, 0.3) is 0 Å². The Hall–Kier alpha value is -0.660. The molecule has 0 aromatic rings. The van der Waals surface area contributed by atoms with Crippen LogP contribution < -0.4 is 4.72 Å². The third-order valence-corrected chi connectivity index (χ3v) is 4.35. The average molecular weight is 237 g/mol. The topological polar surface area (TPSA) is 92.7 Å². The summed E-state index contributed by atoms with van der Waals surface area (Å²) in [6, 6.07) is -1.09. The summed E-state index contributed by atoms with van der Waals surface area (Å²) in [5.41, 5.74) is 0. The lowest BCUT2D eigenvalue weighted by Crippen LogP contribution is -2.45. The maximum Gasteiger partial charge on any atom is 0.321 e. The molecule has 0 spiro atoms. The van der Waals surface area contributed by atoms with Crippen molar-refractivity contribution in [3.63, 3.8) is 0 Å². The molecular weight excluding hydrogens is 222 g/mol. The van der Waals surface area contributed by atoms with Crippen LogP contribution in [0.15, 0.2) is 0 Å². The van der Waals surface area contributed by atoms with Gasteiger partial charge in [-0.15, -0.1) is 0 Å². The molecule has 0 amide bonds. The largest absolute Gasteiger partial charge is 0.480 e. The van der Waals surface area contributed by atoms with Crippen molar-refractivity contribution in [2.24, 2.45) is 0 Å². The lowest BCUT2D eigenvalue weighted by molar-refractivity contribution is -0.138. The summed E-state index contributed by atoms with van der Waals surface area (Å²) >= 11 is 0. The first-order valence-corrected chi connectivity index (χ1v) is 6.30. The molecule has 1 fully saturated rings. The van der Waals surface area contributed by atoms with E-state index in [-0.39, 0.29) is 0 Å². The van der Waals surface area contributed by atoms with Gasteiger partial charge in [-0.05, 0) is 19.8 Å². The average Bonchev–Trinajstić information content (AvgIpc) is 2.18. The highest BCUT2D eigenvalue weighted by Gasteiger charge is 2.30. The zero-order valence-corrected chi connectivity index (χ0v) is 9.29. The van der Waals surface area contributed by atoms with Crippen LogP contribution in [0, 0.1) is 0 Å². The first-order chi connectivity index (χ1) is 6.93. The molecule has 0 aromatic carbocycles. The van der Waals surface area contributed by atoms with Gasteiger partial charge in [0.2, 0.25) is 10.0 Å². The van der Waals surface area contributed by atoms with Gasteiger partial charge in [0, 0.05) is 13.2 Å². The smallest absolute Gasteiger partial charge is 0.321 e. The molecule has 1 aliphatic heterocycles. The minimum Gasteiger partial charge on any atom is -0.480 e. The maximum atomic E-state index is 11.7. The van der Waals surface area contributed by atoms with Crippen LogP contribution in [0.1, 0.15) is 19.8 Å². The molecule has 0 saturated carbocycles. The maximum absolute atomic E-state index is 11.7. The summed E-state index contributed by atoms with van der Waals surface area (Å²) in [6.07, 6.45) is 0.837. The first kappa shape index (κ1) is 12.4. The van der Waals surface area contributed by atoms with Gasteiger partial charge in [-0.25, -0.2) is 13.1 Å². The van der Waals surface area contributed by atoms with E-state index in [2.05, 4.69) is 4.72 Å². The highest BCUT2D eigenvalue weighted by atomic mass is 32.2. The van der Waals surface area contributed by atoms with Crippen molar-refractivity contribution in [2.45, 2.75) is 31.1 Å². The molecule has 0 aliphatic carbocycles. The number of rotatable bonds is 4. The van der Waals surface area contributed by atoms with E-state index in [0.717, 1.165) is 0 Å². The number of carboxylic acid groups (broad SMARTS) is 1. The van der Waals surface area contributed by atoms with Crippen LogP contribution in [-0.2, 0) is 19.6 Å². The van der Waals surface area contributed by atoms with Gasteiger partial charge in [-0.3, -0.25) is 4.79 Å². The Bertz CT molecular complexity index is 320. The molecule has 1 saturated heterocycles. The zero-order chi connectivity index (χ0) is 11.5. The number of aliphatic carboxylic acids is 1. The number of carbonyl (C=O) groups is 1. The van der Waals surface area contributed by atoms with Crippen LogP contribution in [0.3, 0.4) is 0 Å². The van der Waals surface area contributed by atoms with Crippen molar-refractivity contribution in [3.05, 3.63) is 0 Å². The second-order valence-corrected chi connectivity index (χ2v) is 5.53. The quantitative estimate of drug-likeness (QED) is 0.691. The van der Waals surface area contributed by atoms with Crippen molar-refractivity contribution in [2.75, 3.05) is 13.2 Å². The number of ether oxygens (including phenoxy) is 1. The van der Waals surface area contributed by atoms with Crippen LogP contribution >= 0.6 is 0 Å². The van der Waals surface area contributed by atoms with Crippen LogP contribution in [0.4, 0.5) is 0 Å². The lowest BCUT2D eigenvalue weighted by Gasteiger charge is -2.23. The van der Waals surface area contributed by atoms with Gasteiger partial charge in [0.1, 0.15) is 6.04 Å². The molecule has 1 rings (SSSR count). The Balaban J connectivity index is 2.61. The second kappa shape index (κ2) is 4.91. The number of sulfonamides is 1. The van der Waals surface area contributed by atoms with E-state index in [1.165, 1.54) is 6.92 Å². The van der Waals surface area contributed by atoms with Gasteiger partial charge in [-0.2, -0.15) is 0 Å². The van der Waals surface area contributed by atoms with E-state index in [0.29, 0.717) is 26.1 Å². The van der Waals surface area contributed by atoms with Gasteiger partial charge in [-0.1, -0.05) is 0 Å². The standard InChI is InChI=1S/C8H15NO5S/c1-6(8(10)11)9-15(12,13)7-2-4-14-5-3-7/h6-7,9H,2-5H2,1H3,(H,10,11). The third-order valence-electron chi connectivity index (χ3n) is 2.32. The van der Waals surface area contributed by atoms with E-state index in [1.54, 1.807) is 0 Å². The number of hydrogen-bond acceptors (Lipinski definition) is 4. The number of nitrogens with one attached hydrogen (secondary N) is 1. The highest BCUT2D eigenvalue weighted by Crippen LogP contribution is 2.14. The molecule has 1 atom stereocenters. The van der Waals surface area contributed by atoms with Crippen molar-refractivity contribution < 1.29 is 23.1 Å². The molecule has 88 valence electrons. The summed E-state index contributed by atoms with van der Waals surface area (Å²) < 4.78 is 30.5. The van der Waals surface area contributed by atoms with Crippen molar-refractivity contribution in [1.82, 2.24) is 4.72 Å². The molecule has 15 heavy (non-hydrogen) atoms. The monoisotopic (exact) mass is 237 g/mol. The Labute approximate surface area is 88.7 Å². The molecule has 7 heteroatoms. The van der Waals surface area contributed by atoms with Gasteiger partial charge in [0.05, 0.1) is 5.25 Å². The zero-order valence-electron chi connectivity index (χ0n) is 8.47. The van der Waals surface area contributed by atoms with Crippen LogP contribution in [-0.4, -0.2) is 44.0 Å². The van der Waals surface area contributed by atoms with E-state index in [9.17, 15) is 13.2 Å². The molecule has 1 unspecified atom stereocenters. The first-order valence-electron chi connectivity index (χ1n) is 4.75. The summed E-state index contributed by atoms with van der Waals surface area (Å²) in [4.78, 5) is 10.5. The summed E-state index contributed by atoms with van der Waals surface area (Å²) in [5.74, 6) is -1.18. The van der Waals surface area contributed by atoms with Gasteiger partial charge in [0.25, 0.3) is 0 Å². The van der Waals surface area contributed by atoms with Crippen LogP contribution in [0.5, 0.6) is 0 Å². The molecule has 0 aromatic heterocycles. The Kier molecular flexibility index (Phi) is 4.06. The number of carboxylic acids is 1. The Morgan fingerprint density at radius 2 is 2.00 bits per heavy atom. The predicted octanol–water partition coefficient (Wildman–Crippen LogP) is -0.442. The van der Waals surface area contributed by atoms with Gasteiger partial charge < -0.3 is 9.84 Å². The number of hydrogen-bond donors (Lipinski definition) is 2. The molecule has 6 nitrogen and oxygen atoms in total. The van der Waals surface area contributed by atoms with E-state index >= 15 is 0 Å². The molecular formula is C8H15NO5S. The fourth-order valence-corrected chi connectivity index (χ4v) is 2.98. The van der Waals surface area contributed by atoms with Crippen molar-refractivity contribution in [3.8, 4) is 0 Å². The Morgan fingerprint density at radius 3 is 2.47 bits per heavy atom. The second-order valence-electron chi connectivity index (χ2n) is 3.53. The predicted molar refractivity (Wildman–Crippen MR) is 53.0 cm³/mol. The minimum atomic E-state index is -3.54. The summed E-state index contributed by atoms with van der Waals surface area (Å²) in [6.45, 7) is 2.12. The normalized spacial score (nSPS) is 21.1. The van der Waals surface area contributed by atoms with E-state index in [4.69, 9.17) is 9.84 Å².